The maximum Gasteiger partial charge on any atom is 0.574 e. The third kappa shape index (κ3) is 3.00. The van der Waals surface area contributed by atoms with E-state index in [1.165, 1.54) is 12.3 Å². The van der Waals surface area contributed by atoms with E-state index in [0.717, 1.165) is 0 Å². The monoisotopic (exact) mass is 220 g/mol. The average molecular weight is 220 g/mol. The molecule has 0 saturated carbocycles. The van der Waals surface area contributed by atoms with E-state index < -0.39 is 12.2 Å². The van der Waals surface area contributed by atoms with Crippen LogP contribution < -0.4 is 10.5 Å². The molecule has 0 aromatic carbocycles. The Bertz CT molecular complexity index is 350. The summed E-state index contributed by atoms with van der Waals surface area (Å²) >= 11 is 0. The molecule has 1 aromatic rings. The van der Waals surface area contributed by atoms with Crippen molar-refractivity contribution in [1.82, 2.24) is 4.98 Å². The van der Waals surface area contributed by atoms with Crippen LogP contribution in [0, 0.1) is 0 Å². The molecule has 0 spiro atoms. The summed E-state index contributed by atoms with van der Waals surface area (Å²) in [6, 6.07) is 1.44. The van der Waals surface area contributed by atoms with Gasteiger partial charge in [-0.1, -0.05) is 13.8 Å². The highest BCUT2D eigenvalue weighted by molar-refractivity contribution is 5.52. The van der Waals surface area contributed by atoms with Crippen molar-refractivity contribution < 1.29 is 17.9 Å². The van der Waals surface area contributed by atoms with Gasteiger partial charge in [0.1, 0.15) is 0 Å². The second kappa shape index (κ2) is 3.96. The van der Waals surface area contributed by atoms with Crippen molar-refractivity contribution in [2.24, 2.45) is 0 Å². The number of hydrogen-bond donors (Lipinski definition) is 1. The van der Waals surface area contributed by atoms with Crippen LogP contribution in [0.5, 0.6) is 5.88 Å². The molecule has 1 heterocycles. The molecule has 0 aliphatic rings. The molecule has 15 heavy (non-hydrogen) atoms. The van der Waals surface area contributed by atoms with Gasteiger partial charge in [-0.25, -0.2) is 4.98 Å². The maximum atomic E-state index is 12.0. The first-order valence-electron chi connectivity index (χ1n) is 4.31. The maximum absolute atomic E-state index is 12.0. The van der Waals surface area contributed by atoms with Crippen molar-refractivity contribution in [2.45, 2.75) is 26.1 Å². The predicted molar refractivity (Wildman–Crippen MR) is 49.4 cm³/mol. The molecule has 1 rings (SSSR count). The lowest BCUT2D eigenvalue weighted by Gasteiger charge is -2.15. The molecule has 0 bridgehead atoms. The number of halogens is 3. The minimum absolute atomic E-state index is 0.184. The molecule has 0 fully saturated rings. The Balaban J connectivity index is 3.12. The summed E-state index contributed by atoms with van der Waals surface area (Å²) < 4.78 is 39.8. The highest BCUT2D eigenvalue weighted by atomic mass is 19.4. The summed E-state index contributed by atoms with van der Waals surface area (Å²) in [5.74, 6) is -0.659. The van der Waals surface area contributed by atoms with Crippen LogP contribution in [0.4, 0.5) is 18.9 Å². The Morgan fingerprint density at radius 1 is 1.40 bits per heavy atom. The zero-order valence-electron chi connectivity index (χ0n) is 8.30. The van der Waals surface area contributed by atoms with E-state index in [2.05, 4.69) is 9.72 Å². The van der Waals surface area contributed by atoms with E-state index in [1.54, 1.807) is 13.8 Å². The summed E-state index contributed by atoms with van der Waals surface area (Å²) in [7, 11) is 0. The van der Waals surface area contributed by atoms with E-state index in [0.29, 0.717) is 0 Å². The van der Waals surface area contributed by atoms with Gasteiger partial charge in [0, 0.05) is 17.4 Å². The molecule has 3 nitrogen and oxygen atoms in total. The van der Waals surface area contributed by atoms with Crippen molar-refractivity contribution in [3.8, 4) is 5.88 Å². The van der Waals surface area contributed by atoms with Gasteiger partial charge in [-0.05, 0) is 12.0 Å². The Morgan fingerprint density at radius 3 is 2.47 bits per heavy atom. The van der Waals surface area contributed by atoms with Gasteiger partial charge in [0.05, 0.1) is 0 Å². The van der Waals surface area contributed by atoms with Crippen molar-refractivity contribution in [3.05, 3.63) is 17.8 Å². The molecular formula is C9H11F3N2O. The fourth-order valence-electron chi connectivity index (χ4n) is 1.24. The number of nitrogen functional groups attached to an aromatic ring is 1. The number of aromatic nitrogens is 1. The van der Waals surface area contributed by atoms with Crippen LogP contribution >= 0.6 is 0 Å². The third-order valence-corrected chi connectivity index (χ3v) is 1.78. The van der Waals surface area contributed by atoms with Crippen molar-refractivity contribution >= 4 is 5.69 Å². The molecule has 0 aliphatic carbocycles. The lowest BCUT2D eigenvalue weighted by Crippen LogP contribution is -2.19. The standard InChI is InChI=1S/C9H11F3N2O/c1-5(2)7-6(13)3-4-14-8(7)15-9(10,11)12/h3-5H,1-2H3,(H2,13,14). The first-order valence-corrected chi connectivity index (χ1v) is 4.31. The molecular weight excluding hydrogens is 209 g/mol. The largest absolute Gasteiger partial charge is 0.574 e. The molecule has 84 valence electrons. The SMILES string of the molecule is CC(C)c1c(N)ccnc1OC(F)(F)F. The minimum Gasteiger partial charge on any atom is -0.398 e. The fraction of sp³-hybridized carbons (Fsp3) is 0.444. The van der Waals surface area contributed by atoms with Crippen LogP contribution in [0.2, 0.25) is 0 Å². The lowest BCUT2D eigenvalue weighted by molar-refractivity contribution is -0.276. The first-order chi connectivity index (χ1) is 6.81. The smallest absolute Gasteiger partial charge is 0.398 e. The van der Waals surface area contributed by atoms with E-state index in [1.807, 2.05) is 0 Å². The first kappa shape index (κ1) is 11.6. The second-order valence-corrected chi connectivity index (χ2v) is 3.32. The zero-order chi connectivity index (χ0) is 11.6. The Kier molecular flexibility index (Phi) is 3.06. The Hall–Kier alpha value is -1.46. The molecule has 0 atom stereocenters. The van der Waals surface area contributed by atoms with Crippen LogP contribution in [0.1, 0.15) is 25.3 Å². The lowest BCUT2D eigenvalue weighted by atomic mass is 10.0. The minimum atomic E-state index is -4.75. The topological polar surface area (TPSA) is 48.1 Å². The van der Waals surface area contributed by atoms with Crippen LogP contribution in [0.3, 0.4) is 0 Å². The fourth-order valence-corrected chi connectivity index (χ4v) is 1.24. The van der Waals surface area contributed by atoms with Gasteiger partial charge in [0.2, 0.25) is 5.88 Å². The molecule has 0 amide bonds. The summed E-state index contributed by atoms with van der Waals surface area (Å²) in [4.78, 5) is 3.52. The third-order valence-electron chi connectivity index (χ3n) is 1.78. The molecule has 1 aromatic heterocycles. The molecule has 0 saturated heterocycles. The quantitative estimate of drug-likeness (QED) is 0.833. The van der Waals surface area contributed by atoms with E-state index in [9.17, 15) is 13.2 Å². The van der Waals surface area contributed by atoms with Crippen LogP contribution in [0.25, 0.3) is 0 Å². The van der Waals surface area contributed by atoms with Gasteiger partial charge in [-0.15, -0.1) is 13.2 Å². The van der Waals surface area contributed by atoms with E-state index >= 15 is 0 Å². The van der Waals surface area contributed by atoms with Crippen LogP contribution in [-0.2, 0) is 0 Å². The van der Waals surface area contributed by atoms with E-state index in [-0.39, 0.29) is 17.2 Å². The van der Waals surface area contributed by atoms with Crippen molar-refractivity contribution in [2.75, 3.05) is 5.73 Å². The summed E-state index contributed by atoms with van der Waals surface area (Å²) in [6.45, 7) is 3.44. The van der Waals surface area contributed by atoms with Crippen molar-refractivity contribution in [3.63, 3.8) is 0 Å². The summed E-state index contributed by atoms with van der Waals surface area (Å²) in [5, 5.41) is 0. The summed E-state index contributed by atoms with van der Waals surface area (Å²) in [5.41, 5.74) is 6.08. The van der Waals surface area contributed by atoms with Gasteiger partial charge in [-0.2, -0.15) is 0 Å². The molecule has 0 unspecified atom stereocenters. The number of hydrogen-bond acceptors (Lipinski definition) is 3. The van der Waals surface area contributed by atoms with Gasteiger partial charge < -0.3 is 10.5 Å². The van der Waals surface area contributed by atoms with Gasteiger partial charge in [0.15, 0.2) is 0 Å². The number of alkyl halides is 3. The molecule has 6 heteroatoms. The van der Waals surface area contributed by atoms with Gasteiger partial charge in [0.25, 0.3) is 0 Å². The van der Waals surface area contributed by atoms with Gasteiger partial charge in [-0.3, -0.25) is 0 Å². The molecule has 0 aliphatic heterocycles. The van der Waals surface area contributed by atoms with Gasteiger partial charge >= 0.3 is 6.36 Å². The van der Waals surface area contributed by atoms with Crippen molar-refractivity contribution in [1.29, 1.82) is 0 Å². The summed E-state index contributed by atoms with van der Waals surface area (Å²) in [6.07, 6.45) is -3.56. The number of rotatable bonds is 2. The van der Waals surface area contributed by atoms with E-state index in [4.69, 9.17) is 5.73 Å². The number of ether oxygens (including phenoxy) is 1. The number of nitrogens with two attached hydrogens (primary N) is 1. The zero-order valence-corrected chi connectivity index (χ0v) is 8.30. The number of nitrogens with zero attached hydrogens (tertiary/aromatic N) is 1. The predicted octanol–water partition coefficient (Wildman–Crippen LogP) is 2.69. The molecule has 2 N–H and O–H groups in total. The average Bonchev–Trinajstić information content (AvgIpc) is 1.99. The second-order valence-electron chi connectivity index (χ2n) is 3.32. The Morgan fingerprint density at radius 2 is 2.00 bits per heavy atom. The molecule has 0 radical (unpaired) electrons. The number of anilines is 1. The van der Waals surface area contributed by atoms with Crippen LogP contribution in [-0.4, -0.2) is 11.3 Å². The normalized spacial score (nSPS) is 11.9. The number of pyridine rings is 1. The highest BCUT2D eigenvalue weighted by Gasteiger charge is 2.33. The highest BCUT2D eigenvalue weighted by Crippen LogP contribution is 2.32. The Labute approximate surface area is 85.1 Å². The van der Waals surface area contributed by atoms with Crippen LogP contribution in [0.15, 0.2) is 12.3 Å².